The third kappa shape index (κ3) is 1.90. The van der Waals surface area contributed by atoms with Gasteiger partial charge in [0, 0.05) is 13.2 Å². The molecule has 2 aliphatic heterocycles. The summed E-state index contributed by atoms with van der Waals surface area (Å²) in [6.45, 7) is 9.31. The maximum Gasteiger partial charge on any atom is 0.191 e. The van der Waals surface area contributed by atoms with Crippen LogP contribution < -0.4 is 5.73 Å². The van der Waals surface area contributed by atoms with Gasteiger partial charge in [0.05, 0.1) is 18.2 Å². The molecule has 0 radical (unpaired) electrons. The number of nitrogens with zero attached hydrogens (tertiary/aromatic N) is 2. The fourth-order valence-electron chi connectivity index (χ4n) is 2.46. The largest absolute Gasteiger partial charge is 0.376 e. The molecule has 2 rings (SSSR count). The van der Waals surface area contributed by atoms with Crippen LogP contribution in [0.1, 0.15) is 33.6 Å². The van der Waals surface area contributed by atoms with Gasteiger partial charge in [0.25, 0.3) is 0 Å². The molecule has 16 heavy (non-hydrogen) atoms. The third-order valence-electron chi connectivity index (χ3n) is 4.11. The van der Waals surface area contributed by atoms with Crippen LogP contribution in [0.2, 0.25) is 0 Å². The molecule has 2 atom stereocenters. The van der Waals surface area contributed by atoms with E-state index >= 15 is 0 Å². The van der Waals surface area contributed by atoms with Gasteiger partial charge in [-0.3, -0.25) is 4.99 Å². The van der Waals surface area contributed by atoms with Crippen molar-refractivity contribution in [2.45, 2.75) is 45.3 Å². The average molecular weight is 225 g/mol. The van der Waals surface area contributed by atoms with E-state index in [-0.39, 0.29) is 5.54 Å². The molecule has 4 nitrogen and oxygen atoms in total. The van der Waals surface area contributed by atoms with E-state index in [2.05, 4.69) is 30.7 Å². The normalized spacial score (nSPS) is 34.9. The number of hydrogen-bond acceptors (Lipinski definition) is 4. The molecule has 2 unspecified atom stereocenters. The quantitative estimate of drug-likeness (QED) is 0.785. The van der Waals surface area contributed by atoms with Crippen molar-refractivity contribution in [1.82, 2.24) is 4.90 Å². The molecule has 2 aliphatic rings. The Hall–Kier alpha value is -0.770. The number of rotatable bonds is 3. The molecule has 0 saturated carbocycles. The Labute approximate surface area is 97.9 Å². The van der Waals surface area contributed by atoms with Crippen molar-refractivity contribution in [3.05, 3.63) is 0 Å². The first-order valence-electron chi connectivity index (χ1n) is 6.23. The molecule has 0 aromatic rings. The third-order valence-corrected chi connectivity index (χ3v) is 4.11. The second-order valence-electron chi connectivity index (χ2n) is 5.43. The molecule has 2 N–H and O–H groups in total. The van der Waals surface area contributed by atoms with Gasteiger partial charge in [0.2, 0.25) is 0 Å². The molecule has 0 bridgehead atoms. The standard InChI is InChI=1S/C12H23N3O/c1-9(2)12(3)8-14-11(13)15(12)7-10-5-4-6-16-10/h9-10H,4-8H2,1-3H3,(H2,13,14). The highest BCUT2D eigenvalue weighted by molar-refractivity contribution is 5.81. The minimum atomic E-state index is 0.0655. The predicted molar refractivity (Wildman–Crippen MR) is 65.4 cm³/mol. The highest BCUT2D eigenvalue weighted by atomic mass is 16.5. The van der Waals surface area contributed by atoms with Crippen LogP contribution in [-0.2, 0) is 4.74 Å². The summed E-state index contributed by atoms with van der Waals surface area (Å²) >= 11 is 0. The van der Waals surface area contributed by atoms with Crippen molar-refractivity contribution >= 4 is 5.96 Å². The number of nitrogens with two attached hydrogens (primary N) is 1. The van der Waals surface area contributed by atoms with Crippen LogP contribution in [0, 0.1) is 5.92 Å². The molecular formula is C12H23N3O. The van der Waals surface area contributed by atoms with Crippen molar-refractivity contribution in [3.8, 4) is 0 Å². The zero-order chi connectivity index (χ0) is 11.8. The topological polar surface area (TPSA) is 50.8 Å². The monoisotopic (exact) mass is 225 g/mol. The van der Waals surface area contributed by atoms with Gasteiger partial charge in [-0.15, -0.1) is 0 Å². The number of hydrogen-bond donors (Lipinski definition) is 1. The van der Waals surface area contributed by atoms with Gasteiger partial charge >= 0.3 is 0 Å². The Morgan fingerprint density at radius 3 is 2.94 bits per heavy atom. The zero-order valence-corrected chi connectivity index (χ0v) is 10.6. The molecule has 0 aliphatic carbocycles. The lowest BCUT2D eigenvalue weighted by molar-refractivity contribution is 0.0570. The van der Waals surface area contributed by atoms with Crippen LogP contribution in [0.15, 0.2) is 4.99 Å². The SMILES string of the molecule is CC(C)C1(C)CN=C(N)N1CC1CCCO1. The Bertz CT molecular complexity index is 284. The molecule has 2 heterocycles. The second kappa shape index (κ2) is 4.24. The van der Waals surface area contributed by atoms with Crippen LogP contribution in [0.4, 0.5) is 0 Å². The van der Waals surface area contributed by atoms with E-state index < -0.39 is 0 Å². The van der Waals surface area contributed by atoms with Gasteiger partial charge in [-0.05, 0) is 25.7 Å². The summed E-state index contributed by atoms with van der Waals surface area (Å²) in [5.74, 6) is 1.23. The van der Waals surface area contributed by atoms with E-state index in [1.807, 2.05) is 0 Å². The van der Waals surface area contributed by atoms with E-state index in [0.717, 1.165) is 26.1 Å². The fraction of sp³-hybridized carbons (Fsp3) is 0.917. The highest BCUT2D eigenvalue weighted by Gasteiger charge is 2.41. The zero-order valence-electron chi connectivity index (χ0n) is 10.6. The lowest BCUT2D eigenvalue weighted by Crippen LogP contribution is -2.55. The van der Waals surface area contributed by atoms with Crippen LogP contribution >= 0.6 is 0 Å². The van der Waals surface area contributed by atoms with Crippen molar-refractivity contribution < 1.29 is 4.74 Å². The van der Waals surface area contributed by atoms with Gasteiger partial charge in [-0.2, -0.15) is 0 Å². The van der Waals surface area contributed by atoms with Crippen LogP contribution in [0.3, 0.4) is 0 Å². The molecule has 1 fully saturated rings. The summed E-state index contributed by atoms with van der Waals surface area (Å²) in [7, 11) is 0. The first kappa shape index (κ1) is 11.7. The van der Waals surface area contributed by atoms with E-state index in [9.17, 15) is 0 Å². The Morgan fingerprint density at radius 2 is 2.38 bits per heavy atom. The van der Waals surface area contributed by atoms with Crippen molar-refractivity contribution in [2.75, 3.05) is 19.7 Å². The van der Waals surface area contributed by atoms with Crippen molar-refractivity contribution in [3.63, 3.8) is 0 Å². The molecule has 0 spiro atoms. The van der Waals surface area contributed by atoms with Crippen molar-refractivity contribution in [2.24, 2.45) is 16.6 Å². The van der Waals surface area contributed by atoms with Gasteiger partial charge in [0.1, 0.15) is 0 Å². The summed E-state index contributed by atoms with van der Waals surface area (Å²) in [6, 6.07) is 0. The second-order valence-corrected chi connectivity index (χ2v) is 5.43. The van der Waals surface area contributed by atoms with E-state index in [1.54, 1.807) is 0 Å². The number of guanidine groups is 1. The summed E-state index contributed by atoms with van der Waals surface area (Å²) in [6.07, 6.45) is 2.66. The summed E-state index contributed by atoms with van der Waals surface area (Å²) in [4.78, 5) is 6.64. The maximum absolute atomic E-state index is 5.99. The Kier molecular flexibility index (Phi) is 3.10. The molecule has 0 amide bonds. The lowest BCUT2D eigenvalue weighted by atomic mass is 9.87. The Morgan fingerprint density at radius 1 is 1.62 bits per heavy atom. The minimum Gasteiger partial charge on any atom is -0.376 e. The van der Waals surface area contributed by atoms with Crippen molar-refractivity contribution in [1.29, 1.82) is 0 Å². The van der Waals surface area contributed by atoms with E-state index in [4.69, 9.17) is 10.5 Å². The molecule has 0 aromatic heterocycles. The highest BCUT2D eigenvalue weighted by Crippen LogP contribution is 2.30. The smallest absolute Gasteiger partial charge is 0.191 e. The van der Waals surface area contributed by atoms with Gasteiger partial charge in [-0.1, -0.05) is 13.8 Å². The summed E-state index contributed by atoms with van der Waals surface area (Å²) in [5, 5.41) is 0. The molecular weight excluding hydrogens is 202 g/mol. The van der Waals surface area contributed by atoms with Gasteiger partial charge < -0.3 is 15.4 Å². The number of ether oxygens (including phenoxy) is 1. The molecule has 4 heteroatoms. The lowest BCUT2D eigenvalue weighted by Gasteiger charge is -2.40. The van der Waals surface area contributed by atoms with Crippen LogP contribution in [-0.4, -0.2) is 42.2 Å². The van der Waals surface area contributed by atoms with Crippen LogP contribution in [0.5, 0.6) is 0 Å². The summed E-state index contributed by atoms with van der Waals surface area (Å²) < 4.78 is 5.68. The Balaban J connectivity index is 2.06. The summed E-state index contributed by atoms with van der Waals surface area (Å²) in [5.41, 5.74) is 6.06. The molecule has 92 valence electrons. The minimum absolute atomic E-state index is 0.0655. The fourth-order valence-corrected chi connectivity index (χ4v) is 2.46. The van der Waals surface area contributed by atoms with Gasteiger partial charge in [-0.25, -0.2) is 0 Å². The first-order valence-corrected chi connectivity index (χ1v) is 6.23. The average Bonchev–Trinajstić information content (AvgIpc) is 2.82. The molecule has 0 aromatic carbocycles. The van der Waals surface area contributed by atoms with E-state index in [1.165, 1.54) is 6.42 Å². The van der Waals surface area contributed by atoms with Crippen LogP contribution in [0.25, 0.3) is 0 Å². The van der Waals surface area contributed by atoms with Gasteiger partial charge in [0.15, 0.2) is 5.96 Å². The molecule has 1 saturated heterocycles. The van der Waals surface area contributed by atoms with E-state index in [0.29, 0.717) is 18.0 Å². The predicted octanol–water partition coefficient (Wildman–Crippen LogP) is 1.21. The first-order chi connectivity index (χ1) is 7.54. The maximum atomic E-state index is 5.99. The number of aliphatic imine (C=N–C) groups is 1.